The quantitative estimate of drug-likeness (QED) is 0.840. The van der Waals surface area contributed by atoms with Crippen molar-refractivity contribution in [2.75, 3.05) is 18.0 Å². The first-order valence-corrected chi connectivity index (χ1v) is 6.03. The van der Waals surface area contributed by atoms with Crippen LogP contribution in [0.3, 0.4) is 0 Å². The summed E-state index contributed by atoms with van der Waals surface area (Å²) in [5.41, 5.74) is 6.76. The lowest BCUT2D eigenvalue weighted by Gasteiger charge is -2.31. The highest BCUT2D eigenvalue weighted by atomic mass is 16.1. The van der Waals surface area contributed by atoms with Crippen LogP contribution in [0.15, 0.2) is 12.1 Å². The molecule has 1 aliphatic heterocycles. The Morgan fingerprint density at radius 1 is 1.50 bits per heavy atom. The molecule has 2 N–H and O–H groups in total. The van der Waals surface area contributed by atoms with E-state index in [1.165, 1.54) is 0 Å². The van der Waals surface area contributed by atoms with Gasteiger partial charge in [0.25, 0.3) is 0 Å². The number of hydrogen-bond acceptors (Lipinski definition) is 4. The van der Waals surface area contributed by atoms with E-state index in [-0.39, 0.29) is 11.8 Å². The number of nitrogens with zero attached hydrogens (tertiary/aromatic N) is 3. The van der Waals surface area contributed by atoms with E-state index in [0.717, 1.165) is 37.4 Å². The van der Waals surface area contributed by atoms with Gasteiger partial charge in [-0.1, -0.05) is 0 Å². The van der Waals surface area contributed by atoms with E-state index < -0.39 is 0 Å². The molecule has 0 spiro atoms. The number of aryl methyl sites for hydroxylation is 1. The molecule has 0 radical (unpaired) electrons. The minimum absolute atomic E-state index is 0.0264. The molecule has 1 fully saturated rings. The smallest absolute Gasteiger partial charge is 0.220 e. The zero-order valence-electron chi connectivity index (χ0n) is 10.4. The van der Waals surface area contributed by atoms with Crippen LogP contribution in [0.2, 0.25) is 0 Å². The van der Waals surface area contributed by atoms with Crippen LogP contribution in [0.25, 0.3) is 0 Å². The molecule has 1 aromatic rings. The summed E-state index contributed by atoms with van der Waals surface area (Å²) in [6, 6.07) is 5.69. The van der Waals surface area contributed by atoms with Crippen LogP contribution in [0.4, 0.5) is 5.82 Å². The number of nitrogens with two attached hydrogens (primary N) is 1. The largest absolute Gasteiger partial charge is 0.369 e. The second-order valence-electron chi connectivity index (χ2n) is 4.63. The van der Waals surface area contributed by atoms with E-state index in [4.69, 9.17) is 11.0 Å². The van der Waals surface area contributed by atoms with E-state index in [1.807, 2.05) is 6.92 Å². The minimum atomic E-state index is -0.218. The molecule has 0 saturated carbocycles. The summed E-state index contributed by atoms with van der Waals surface area (Å²) in [4.78, 5) is 17.6. The number of piperidine rings is 1. The van der Waals surface area contributed by atoms with Crippen molar-refractivity contribution in [2.45, 2.75) is 19.8 Å². The van der Waals surface area contributed by atoms with E-state index in [1.54, 1.807) is 12.1 Å². The van der Waals surface area contributed by atoms with E-state index in [2.05, 4.69) is 16.0 Å². The van der Waals surface area contributed by atoms with Gasteiger partial charge in [-0.3, -0.25) is 4.79 Å². The molecule has 94 valence electrons. The monoisotopic (exact) mass is 244 g/mol. The first kappa shape index (κ1) is 12.4. The van der Waals surface area contributed by atoms with Gasteiger partial charge < -0.3 is 10.6 Å². The van der Waals surface area contributed by atoms with Gasteiger partial charge in [-0.25, -0.2) is 4.98 Å². The van der Waals surface area contributed by atoms with Gasteiger partial charge >= 0.3 is 0 Å². The Bertz CT molecular complexity index is 498. The molecule has 1 saturated heterocycles. The number of aromatic nitrogens is 1. The van der Waals surface area contributed by atoms with Crippen LogP contribution in [0.1, 0.15) is 24.1 Å². The number of hydrogen-bond donors (Lipinski definition) is 1. The molecule has 1 aromatic heterocycles. The van der Waals surface area contributed by atoms with Crippen molar-refractivity contribution in [3.8, 4) is 6.07 Å². The summed E-state index contributed by atoms with van der Waals surface area (Å²) < 4.78 is 0. The standard InChI is InChI=1S/C13H16N4O/c1-9-6-10(8-14)7-12(16-9)17-4-2-11(3-5-17)13(15)18/h6-7,11H,2-5H2,1H3,(H2,15,18). The van der Waals surface area contributed by atoms with Crippen molar-refractivity contribution < 1.29 is 4.79 Å². The van der Waals surface area contributed by atoms with Gasteiger partial charge in [0.1, 0.15) is 5.82 Å². The first-order valence-electron chi connectivity index (χ1n) is 6.03. The van der Waals surface area contributed by atoms with Crippen molar-refractivity contribution in [1.29, 1.82) is 5.26 Å². The van der Waals surface area contributed by atoms with Crippen molar-refractivity contribution in [1.82, 2.24) is 4.98 Å². The average Bonchev–Trinajstić information content (AvgIpc) is 2.38. The molecule has 0 atom stereocenters. The third-order valence-corrected chi connectivity index (χ3v) is 3.29. The summed E-state index contributed by atoms with van der Waals surface area (Å²) in [5, 5.41) is 8.94. The van der Waals surface area contributed by atoms with Crippen LogP contribution in [-0.4, -0.2) is 24.0 Å². The fourth-order valence-corrected chi connectivity index (χ4v) is 2.27. The number of anilines is 1. The van der Waals surface area contributed by atoms with Crippen molar-refractivity contribution in [2.24, 2.45) is 11.7 Å². The van der Waals surface area contributed by atoms with Crippen LogP contribution in [0, 0.1) is 24.2 Å². The van der Waals surface area contributed by atoms with Gasteiger partial charge in [0, 0.05) is 24.7 Å². The van der Waals surface area contributed by atoms with E-state index >= 15 is 0 Å². The third-order valence-electron chi connectivity index (χ3n) is 3.29. The molecule has 0 aromatic carbocycles. The van der Waals surface area contributed by atoms with Crippen LogP contribution in [-0.2, 0) is 4.79 Å². The maximum absolute atomic E-state index is 11.1. The van der Waals surface area contributed by atoms with Gasteiger partial charge in [-0.05, 0) is 31.9 Å². The van der Waals surface area contributed by atoms with Crippen molar-refractivity contribution in [3.05, 3.63) is 23.4 Å². The summed E-state index contributed by atoms with van der Waals surface area (Å²) in [6.07, 6.45) is 1.51. The highest BCUT2D eigenvalue weighted by Crippen LogP contribution is 2.22. The highest BCUT2D eigenvalue weighted by molar-refractivity contribution is 5.77. The third kappa shape index (κ3) is 2.59. The predicted molar refractivity (Wildman–Crippen MR) is 67.8 cm³/mol. The molecular formula is C13H16N4O. The van der Waals surface area contributed by atoms with Gasteiger partial charge in [-0.15, -0.1) is 0 Å². The molecule has 0 bridgehead atoms. The Hall–Kier alpha value is -2.09. The number of pyridine rings is 1. The molecule has 2 heterocycles. The molecular weight excluding hydrogens is 228 g/mol. The Balaban J connectivity index is 2.12. The lowest BCUT2D eigenvalue weighted by molar-refractivity contribution is -0.122. The first-order chi connectivity index (χ1) is 8.60. The second-order valence-corrected chi connectivity index (χ2v) is 4.63. The molecule has 0 aliphatic carbocycles. The zero-order chi connectivity index (χ0) is 13.1. The zero-order valence-corrected chi connectivity index (χ0v) is 10.4. The van der Waals surface area contributed by atoms with Gasteiger partial charge in [0.2, 0.25) is 5.91 Å². The van der Waals surface area contributed by atoms with Crippen molar-refractivity contribution >= 4 is 11.7 Å². The normalized spacial score (nSPS) is 16.3. The lowest BCUT2D eigenvalue weighted by atomic mass is 9.96. The number of rotatable bonds is 2. The maximum atomic E-state index is 11.1. The average molecular weight is 244 g/mol. The molecule has 1 aliphatic rings. The maximum Gasteiger partial charge on any atom is 0.220 e. The van der Waals surface area contributed by atoms with E-state index in [9.17, 15) is 4.79 Å². The van der Waals surface area contributed by atoms with Gasteiger partial charge in [0.15, 0.2) is 0 Å². The topological polar surface area (TPSA) is 83.0 Å². The van der Waals surface area contributed by atoms with Crippen LogP contribution >= 0.6 is 0 Å². The summed E-state index contributed by atoms with van der Waals surface area (Å²) in [5.74, 6) is 0.570. The lowest BCUT2D eigenvalue weighted by Crippen LogP contribution is -2.39. The SMILES string of the molecule is Cc1cc(C#N)cc(N2CCC(C(N)=O)CC2)n1. The molecule has 0 unspecified atom stereocenters. The number of carbonyl (C=O) groups excluding carboxylic acids is 1. The number of nitriles is 1. The number of amides is 1. The molecule has 5 heteroatoms. The second kappa shape index (κ2) is 5.05. The number of primary amides is 1. The van der Waals surface area contributed by atoms with Crippen LogP contribution < -0.4 is 10.6 Å². The Labute approximate surface area is 106 Å². The molecule has 1 amide bonds. The Kier molecular flexibility index (Phi) is 3.47. The minimum Gasteiger partial charge on any atom is -0.369 e. The fourth-order valence-electron chi connectivity index (χ4n) is 2.27. The highest BCUT2D eigenvalue weighted by Gasteiger charge is 2.23. The van der Waals surface area contributed by atoms with Crippen LogP contribution in [0.5, 0.6) is 0 Å². The predicted octanol–water partition coefficient (Wildman–Crippen LogP) is 0.963. The van der Waals surface area contributed by atoms with E-state index in [0.29, 0.717) is 5.56 Å². The van der Waals surface area contributed by atoms with Crippen molar-refractivity contribution in [3.63, 3.8) is 0 Å². The summed E-state index contributed by atoms with van der Waals surface area (Å²) in [7, 11) is 0. The van der Waals surface area contributed by atoms with Gasteiger partial charge in [0.05, 0.1) is 11.6 Å². The fraction of sp³-hybridized carbons (Fsp3) is 0.462. The number of carbonyl (C=O) groups is 1. The Morgan fingerprint density at radius 2 is 2.17 bits per heavy atom. The van der Waals surface area contributed by atoms with Gasteiger partial charge in [-0.2, -0.15) is 5.26 Å². The molecule has 18 heavy (non-hydrogen) atoms. The summed E-state index contributed by atoms with van der Waals surface area (Å²) in [6.45, 7) is 3.39. The molecule has 2 rings (SSSR count). The molecule has 5 nitrogen and oxygen atoms in total. The Morgan fingerprint density at radius 3 is 2.72 bits per heavy atom. The summed E-state index contributed by atoms with van der Waals surface area (Å²) >= 11 is 0.